The highest BCUT2D eigenvalue weighted by Crippen LogP contribution is 2.29. The van der Waals surface area contributed by atoms with Crippen LogP contribution in [0.15, 0.2) is 42.9 Å². The quantitative estimate of drug-likeness (QED) is 0.558. The number of benzene rings is 1. The Bertz CT molecular complexity index is 831. The van der Waals surface area contributed by atoms with Gasteiger partial charge in [0.1, 0.15) is 6.20 Å². The van der Waals surface area contributed by atoms with Crippen LogP contribution < -0.4 is 11.1 Å². The summed E-state index contributed by atoms with van der Waals surface area (Å²) in [6.45, 7) is 0. The normalized spacial score (nSPS) is 10.5. The van der Waals surface area contributed by atoms with Crippen LogP contribution in [0.2, 0.25) is 0 Å². The maximum absolute atomic E-state index is 11.0. The largest absolute Gasteiger partial charge is 0.368 e. The van der Waals surface area contributed by atoms with Crippen LogP contribution in [0.3, 0.4) is 0 Å². The highest BCUT2D eigenvalue weighted by molar-refractivity contribution is 5.94. The van der Waals surface area contributed by atoms with Gasteiger partial charge in [-0.2, -0.15) is 4.98 Å². The Hall–Kier alpha value is -3.29. The summed E-state index contributed by atoms with van der Waals surface area (Å²) in [4.78, 5) is 22.0. The molecule has 8 nitrogen and oxygen atoms in total. The number of aromatic nitrogens is 3. The molecule has 3 N–H and O–H groups in total. The van der Waals surface area contributed by atoms with E-state index < -0.39 is 4.92 Å². The van der Waals surface area contributed by atoms with E-state index in [9.17, 15) is 10.1 Å². The number of pyridine rings is 1. The van der Waals surface area contributed by atoms with E-state index in [2.05, 4.69) is 20.3 Å². The Labute approximate surface area is 118 Å². The second kappa shape index (κ2) is 5.00. The molecule has 0 bridgehead atoms. The van der Waals surface area contributed by atoms with Crippen LogP contribution in [0.4, 0.5) is 23.1 Å². The van der Waals surface area contributed by atoms with Crippen LogP contribution >= 0.6 is 0 Å². The van der Waals surface area contributed by atoms with Gasteiger partial charge in [-0.05, 0) is 17.5 Å². The van der Waals surface area contributed by atoms with Crippen molar-refractivity contribution in [3.05, 3.63) is 53.0 Å². The summed E-state index contributed by atoms with van der Waals surface area (Å²) in [6, 6.07) is 7.39. The van der Waals surface area contributed by atoms with Crippen molar-refractivity contribution >= 4 is 33.9 Å². The van der Waals surface area contributed by atoms with Crippen molar-refractivity contribution in [3.63, 3.8) is 0 Å². The van der Waals surface area contributed by atoms with Gasteiger partial charge in [-0.3, -0.25) is 15.1 Å². The lowest BCUT2D eigenvalue weighted by molar-refractivity contribution is -0.384. The van der Waals surface area contributed by atoms with Gasteiger partial charge in [-0.1, -0.05) is 12.1 Å². The van der Waals surface area contributed by atoms with Crippen molar-refractivity contribution in [2.75, 3.05) is 11.1 Å². The van der Waals surface area contributed by atoms with Gasteiger partial charge in [0, 0.05) is 23.5 Å². The summed E-state index contributed by atoms with van der Waals surface area (Å²) in [5.41, 5.74) is 5.91. The summed E-state index contributed by atoms with van der Waals surface area (Å²) in [5.74, 6) is 0.00492. The van der Waals surface area contributed by atoms with E-state index in [1.165, 1.54) is 0 Å². The molecule has 0 amide bonds. The van der Waals surface area contributed by atoms with E-state index in [1.807, 2.05) is 18.2 Å². The van der Waals surface area contributed by atoms with Crippen molar-refractivity contribution in [2.45, 2.75) is 0 Å². The van der Waals surface area contributed by atoms with Gasteiger partial charge in [0.05, 0.1) is 4.92 Å². The van der Waals surface area contributed by atoms with Crippen molar-refractivity contribution in [3.8, 4) is 0 Å². The molecule has 8 heteroatoms. The molecule has 0 aliphatic heterocycles. The molecule has 21 heavy (non-hydrogen) atoms. The molecule has 104 valence electrons. The van der Waals surface area contributed by atoms with Crippen LogP contribution in [0.1, 0.15) is 0 Å². The van der Waals surface area contributed by atoms with E-state index in [4.69, 9.17) is 5.73 Å². The average molecular weight is 282 g/mol. The first kappa shape index (κ1) is 12.7. The van der Waals surface area contributed by atoms with Gasteiger partial charge in [0.15, 0.2) is 0 Å². The topological polar surface area (TPSA) is 120 Å². The standard InChI is InChI=1S/C13H10N6O2/c14-13-16-7-11(19(20)21)12(18-13)17-10-3-1-2-8-4-5-15-6-9(8)10/h1-7H,(H3,14,16,17,18). The number of nitrogens with one attached hydrogen (secondary N) is 1. The first-order chi connectivity index (χ1) is 10.1. The molecule has 3 aromatic rings. The fourth-order valence-corrected chi connectivity index (χ4v) is 1.96. The Morgan fingerprint density at radius 3 is 2.90 bits per heavy atom. The maximum atomic E-state index is 11.0. The van der Waals surface area contributed by atoms with Crippen LogP contribution in [0.5, 0.6) is 0 Å². The molecule has 0 unspecified atom stereocenters. The summed E-state index contributed by atoms with van der Waals surface area (Å²) < 4.78 is 0. The van der Waals surface area contributed by atoms with Crippen molar-refractivity contribution < 1.29 is 4.92 Å². The smallest absolute Gasteiger partial charge is 0.329 e. The third kappa shape index (κ3) is 2.41. The number of anilines is 3. The summed E-state index contributed by atoms with van der Waals surface area (Å²) >= 11 is 0. The third-order valence-electron chi connectivity index (χ3n) is 2.92. The van der Waals surface area contributed by atoms with E-state index in [0.717, 1.165) is 17.0 Å². The number of nitro groups is 1. The van der Waals surface area contributed by atoms with Crippen LogP contribution in [-0.2, 0) is 0 Å². The van der Waals surface area contributed by atoms with Gasteiger partial charge in [-0.15, -0.1) is 0 Å². The number of nitrogen functional groups attached to an aromatic ring is 1. The number of rotatable bonds is 3. The number of hydrogen-bond acceptors (Lipinski definition) is 7. The highest BCUT2D eigenvalue weighted by Gasteiger charge is 2.17. The predicted molar refractivity (Wildman–Crippen MR) is 78.1 cm³/mol. The summed E-state index contributed by atoms with van der Waals surface area (Å²) in [7, 11) is 0. The molecule has 2 aromatic heterocycles. The monoisotopic (exact) mass is 282 g/mol. The molecule has 0 radical (unpaired) electrons. The zero-order valence-electron chi connectivity index (χ0n) is 10.7. The van der Waals surface area contributed by atoms with Crippen LogP contribution in [0, 0.1) is 10.1 Å². The molecule has 2 heterocycles. The van der Waals surface area contributed by atoms with Crippen LogP contribution in [-0.4, -0.2) is 19.9 Å². The fourth-order valence-electron chi connectivity index (χ4n) is 1.96. The zero-order chi connectivity index (χ0) is 14.8. The van der Waals surface area contributed by atoms with E-state index in [1.54, 1.807) is 18.5 Å². The van der Waals surface area contributed by atoms with E-state index in [0.29, 0.717) is 5.69 Å². The van der Waals surface area contributed by atoms with E-state index >= 15 is 0 Å². The molecule has 1 aromatic carbocycles. The SMILES string of the molecule is Nc1ncc([N+](=O)[O-])c(Nc2cccc3ccncc23)n1. The molecule has 0 saturated carbocycles. The third-order valence-corrected chi connectivity index (χ3v) is 2.92. The molecule has 0 saturated heterocycles. The Morgan fingerprint density at radius 1 is 1.24 bits per heavy atom. The minimum absolute atomic E-state index is 0.0403. The van der Waals surface area contributed by atoms with Gasteiger partial charge in [0.2, 0.25) is 11.8 Å². The molecule has 3 rings (SSSR count). The summed E-state index contributed by atoms with van der Waals surface area (Å²) in [5, 5.41) is 15.7. The minimum Gasteiger partial charge on any atom is -0.368 e. The molecular weight excluding hydrogens is 272 g/mol. The summed E-state index contributed by atoms with van der Waals surface area (Å²) in [6.07, 6.45) is 4.43. The van der Waals surface area contributed by atoms with Gasteiger partial charge < -0.3 is 11.1 Å². The Balaban J connectivity index is 2.11. The second-order valence-electron chi connectivity index (χ2n) is 4.25. The Kier molecular flexibility index (Phi) is 3.03. The lowest BCUT2D eigenvalue weighted by atomic mass is 10.1. The highest BCUT2D eigenvalue weighted by atomic mass is 16.6. The lowest BCUT2D eigenvalue weighted by Gasteiger charge is -2.09. The average Bonchev–Trinajstić information content (AvgIpc) is 2.47. The zero-order valence-corrected chi connectivity index (χ0v) is 10.7. The second-order valence-corrected chi connectivity index (χ2v) is 4.25. The van der Waals surface area contributed by atoms with Crippen molar-refractivity contribution in [2.24, 2.45) is 0 Å². The predicted octanol–water partition coefficient (Wildman–Crippen LogP) is 2.26. The maximum Gasteiger partial charge on any atom is 0.329 e. The van der Waals surface area contributed by atoms with E-state index in [-0.39, 0.29) is 17.5 Å². The van der Waals surface area contributed by atoms with Crippen LogP contribution in [0.25, 0.3) is 10.8 Å². The van der Waals surface area contributed by atoms with Crippen molar-refractivity contribution in [1.82, 2.24) is 15.0 Å². The van der Waals surface area contributed by atoms with Gasteiger partial charge >= 0.3 is 5.69 Å². The number of fused-ring (bicyclic) bond motifs is 1. The molecule has 0 aliphatic rings. The molecular formula is C13H10N6O2. The number of hydrogen-bond donors (Lipinski definition) is 2. The number of nitrogens with zero attached hydrogens (tertiary/aromatic N) is 4. The molecule has 0 spiro atoms. The molecule has 0 aliphatic carbocycles. The van der Waals surface area contributed by atoms with Crippen molar-refractivity contribution in [1.29, 1.82) is 0 Å². The first-order valence-corrected chi connectivity index (χ1v) is 6.02. The van der Waals surface area contributed by atoms with Gasteiger partial charge in [0.25, 0.3) is 0 Å². The number of nitrogens with two attached hydrogens (primary N) is 1. The first-order valence-electron chi connectivity index (χ1n) is 6.02. The van der Waals surface area contributed by atoms with Gasteiger partial charge in [-0.25, -0.2) is 4.98 Å². The molecule has 0 atom stereocenters. The Morgan fingerprint density at radius 2 is 2.10 bits per heavy atom. The molecule has 0 fully saturated rings. The minimum atomic E-state index is -0.564. The lowest BCUT2D eigenvalue weighted by Crippen LogP contribution is -2.04. The fraction of sp³-hybridized carbons (Fsp3) is 0.